The van der Waals surface area contributed by atoms with Crippen LogP contribution in [0.2, 0.25) is 5.02 Å². The molecule has 1 atom stereocenters. The first-order valence-corrected chi connectivity index (χ1v) is 6.66. The molecule has 0 aliphatic carbocycles. The Kier molecular flexibility index (Phi) is 4.59. The monoisotopic (exact) mass is 307 g/mol. The number of amides is 1. The lowest BCUT2D eigenvalue weighted by atomic mass is 10.2. The van der Waals surface area contributed by atoms with Crippen molar-refractivity contribution in [2.45, 2.75) is 19.5 Å². The van der Waals surface area contributed by atoms with Crippen LogP contribution in [0, 0.1) is 0 Å². The third-order valence-corrected chi connectivity index (χ3v) is 3.38. The Morgan fingerprint density at radius 2 is 2.10 bits per heavy atom. The fraction of sp³-hybridized carbons (Fsp3) is 0.214. The first-order valence-electron chi connectivity index (χ1n) is 6.28. The van der Waals surface area contributed by atoms with Crippen LogP contribution >= 0.6 is 11.6 Å². The molecule has 2 rings (SSSR count). The van der Waals surface area contributed by atoms with E-state index in [1.807, 2.05) is 18.2 Å². The van der Waals surface area contributed by atoms with Crippen molar-refractivity contribution in [3.63, 3.8) is 0 Å². The summed E-state index contributed by atoms with van der Waals surface area (Å²) in [6, 6.07) is 7.96. The van der Waals surface area contributed by atoms with Crippen LogP contribution in [0.1, 0.15) is 29.0 Å². The molecule has 0 bridgehead atoms. The standard InChI is InChI=1S/C14H14ClN3O3/c1-9(18-7-6-12(17-18)14(20)21)13(19)16-8-10-4-2-3-5-11(10)15/h2-7,9H,8H2,1H3,(H,16,19)(H,20,21). The second-order valence-corrected chi connectivity index (χ2v) is 4.88. The number of hydrogen-bond donors (Lipinski definition) is 2. The largest absolute Gasteiger partial charge is 0.476 e. The summed E-state index contributed by atoms with van der Waals surface area (Å²) in [7, 11) is 0. The maximum absolute atomic E-state index is 12.0. The van der Waals surface area contributed by atoms with Gasteiger partial charge in [0, 0.05) is 17.8 Å². The maximum Gasteiger partial charge on any atom is 0.356 e. The van der Waals surface area contributed by atoms with Gasteiger partial charge in [0.25, 0.3) is 0 Å². The topological polar surface area (TPSA) is 84.2 Å². The van der Waals surface area contributed by atoms with E-state index in [4.69, 9.17) is 16.7 Å². The highest BCUT2D eigenvalue weighted by Gasteiger charge is 2.17. The number of aromatic carboxylic acids is 1. The van der Waals surface area contributed by atoms with Gasteiger partial charge in [0.15, 0.2) is 5.69 Å². The van der Waals surface area contributed by atoms with E-state index in [1.165, 1.54) is 16.9 Å². The molecule has 110 valence electrons. The van der Waals surface area contributed by atoms with E-state index in [9.17, 15) is 9.59 Å². The molecule has 0 spiro atoms. The van der Waals surface area contributed by atoms with Crippen LogP contribution in [0.3, 0.4) is 0 Å². The Labute approximate surface area is 126 Å². The van der Waals surface area contributed by atoms with Crippen molar-refractivity contribution in [3.8, 4) is 0 Å². The van der Waals surface area contributed by atoms with E-state index in [2.05, 4.69) is 10.4 Å². The molecule has 0 radical (unpaired) electrons. The number of carbonyl (C=O) groups excluding carboxylic acids is 1. The lowest BCUT2D eigenvalue weighted by Crippen LogP contribution is -2.31. The van der Waals surface area contributed by atoms with Gasteiger partial charge in [0.05, 0.1) is 0 Å². The lowest BCUT2D eigenvalue weighted by Gasteiger charge is -2.13. The number of nitrogens with one attached hydrogen (secondary N) is 1. The van der Waals surface area contributed by atoms with Crippen molar-refractivity contribution in [2.75, 3.05) is 0 Å². The molecule has 6 nitrogen and oxygen atoms in total. The van der Waals surface area contributed by atoms with Crippen LogP contribution in [0.25, 0.3) is 0 Å². The molecule has 7 heteroatoms. The Morgan fingerprint density at radius 3 is 2.71 bits per heavy atom. The van der Waals surface area contributed by atoms with Crippen LogP contribution in [0.4, 0.5) is 0 Å². The van der Waals surface area contributed by atoms with Crippen molar-refractivity contribution in [1.82, 2.24) is 15.1 Å². The van der Waals surface area contributed by atoms with Gasteiger partial charge in [-0.25, -0.2) is 4.79 Å². The highest BCUT2D eigenvalue weighted by molar-refractivity contribution is 6.31. The molecule has 0 fully saturated rings. The third kappa shape index (κ3) is 3.61. The normalized spacial score (nSPS) is 11.9. The fourth-order valence-electron chi connectivity index (χ4n) is 1.76. The van der Waals surface area contributed by atoms with Gasteiger partial charge in [0.2, 0.25) is 5.91 Å². The highest BCUT2D eigenvalue weighted by Crippen LogP contribution is 2.15. The number of rotatable bonds is 5. The summed E-state index contributed by atoms with van der Waals surface area (Å²) in [5.74, 6) is -1.40. The number of nitrogens with zero attached hydrogens (tertiary/aromatic N) is 2. The zero-order valence-corrected chi connectivity index (χ0v) is 12.0. The van der Waals surface area contributed by atoms with E-state index >= 15 is 0 Å². The molecule has 2 aromatic rings. The Balaban J connectivity index is 1.99. The molecule has 1 aromatic heterocycles. The average molecular weight is 308 g/mol. The molecule has 1 amide bonds. The first kappa shape index (κ1) is 15.1. The molecule has 1 aromatic carbocycles. The lowest BCUT2D eigenvalue weighted by molar-refractivity contribution is -0.124. The van der Waals surface area contributed by atoms with E-state index in [1.54, 1.807) is 13.0 Å². The second-order valence-electron chi connectivity index (χ2n) is 4.47. The molecule has 0 aliphatic heterocycles. The minimum atomic E-state index is -1.13. The number of aromatic nitrogens is 2. The SMILES string of the molecule is CC(C(=O)NCc1ccccc1Cl)n1ccc(C(=O)O)n1. The van der Waals surface area contributed by atoms with Gasteiger partial charge < -0.3 is 10.4 Å². The Morgan fingerprint density at radius 1 is 1.38 bits per heavy atom. The van der Waals surface area contributed by atoms with E-state index in [-0.39, 0.29) is 11.6 Å². The first-order chi connectivity index (χ1) is 9.99. The van der Waals surface area contributed by atoms with Crippen LogP contribution in [-0.4, -0.2) is 26.8 Å². The van der Waals surface area contributed by atoms with Crippen molar-refractivity contribution in [3.05, 3.63) is 52.8 Å². The molecular weight excluding hydrogens is 294 g/mol. The van der Waals surface area contributed by atoms with E-state index < -0.39 is 12.0 Å². The molecule has 2 N–H and O–H groups in total. The molecule has 0 saturated heterocycles. The number of carboxylic acid groups (broad SMARTS) is 1. The number of hydrogen-bond acceptors (Lipinski definition) is 3. The number of benzene rings is 1. The summed E-state index contributed by atoms with van der Waals surface area (Å²) < 4.78 is 1.31. The van der Waals surface area contributed by atoms with Crippen LogP contribution in [-0.2, 0) is 11.3 Å². The van der Waals surface area contributed by atoms with Crippen molar-refractivity contribution in [2.24, 2.45) is 0 Å². The van der Waals surface area contributed by atoms with Crippen molar-refractivity contribution in [1.29, 1.82) is 0 Å². The Bertz CT molecular complexity index is 669. The van der Waals surface area contributed by atoms with Crippen LogP contribution in [0.15, 0.2) is 36.5 Å². The summed E-state index contributed by atoms with van der Waals surface area (Å²) in [5.41, 5.74) is 0.715. The van der Waals surface area contributed by atoms with Crippen molar-refractivity contribution >= 4 is 23.5 Å². The smallest absolute Gasteiger partial charge is 0.356 e. The van der Waals surface area contributed by atoms with Crippen LogP contribution in [0.5, 0.6) is 0 Å². The maximum atomic E-state index is 12.0. The number of carboxylic acids is 1. The van der Waals surface area contributed by atoms with Gasteiger partial charge in [0.1, 0.15) is 6.04 Å². The molecule has 0 aliphatic rings. The molecule has 1 unspecified atom stereocenters. The fourth-order valence-corrected chi connectivity index (χ4v) is 1.96. The molecule has 0 saturated carbocycles. The van der Waals surface area contributed by atoms with Crippen LogP contribution < -0.4 is 5.32 Å². The minimum absolute atomic E-state index is 0.0965. The zero-order chi connectivity index (χ0) is 15.4. The van der Waals surface area contributed by atoms with Gasteiger partial charge >= 0.3 is 5.97 Å². The number of halogens is 1. The summed E-state index contributed by atoms with van der Waals surface area (Å²) in [4.78, 5) is 22.8. The average Bonchev–Trinajstić information content (AvgIpc) is 2.95. The summed E-state index contributed by atoms with van der Waals surface area (Å²) >= 11 is 6.01. The Hall–Kier alpha value is -2.34. The molecular formula is C14H14ClN3O3. The predicted octanol–water partition coefficient (Wildman–Crippen LogP) is 2.11. The summed E-state index contributed by atoms with van der Waals surface area (Å²) in [6.45, 7) is 1.94. The van der Waals surface area contributed by atoms with Gasteiger partial charge in [-0.05, 0) is 24.6 Å². The van der Waals surface area contributed by atoms with E-state index in [0.717, 1.165) is 5.56 Å². The summed E-state index contributed by atoms with van der Waals surface area (Å²) in [5, 5.41) is 16.0. The van der Waals surface area contributed by atoms with Gasteiger partial charge in [-0.2, -0.15) is 5.10 Å². The zero-order valence-electron chi connectivity index (χ0n) is 11.3. The second kappa shape index (κ2) is 6.41. The van der Waals surface area contributed by atoms with Gasteiger partial charge in [-0.15, -0.1) is 0 Å². The quantitative estimate of drug-likeness (QED) is 0.886. The minimum Gasteiger partial charge on any atom is -0.476 e. The van der Waals surface area contributed by atoms with E-state index in [0.29, 0.717) is 11.6 Å². The highest BCUT2D eigenvalue weighted by atomic mass is 35.5. The third-order valence-electron chi connectivity index (χ3n) is 3.01. The van der Waals surface area contributed by atoms with Gasteiger partial charge in [-0.3, -0.25) is 9.48 Å². The van der Waals surface area contributed by atoms with Crippen molar-refractivity contribution < 1.29 is 14.7 Å². The summed E-state index contributed by atoms with van der Waals surface area (Å²) in [6.07, 6.45) is 1.46. The van der Waals surface area contributed by atoms with Gasteiger partial charge in [-0.1, -0.05) is 29.8 Å². The number of carbonyl (C=O) groups is 2. The molecule has 21 heavy (non-hydrogen) atoms. The predicted molar refractivity (Wildman–Crippen MR) is 77.2 cm³/mol. The molecule has 1 heterocycles.